The molecule has 2 heterocycles. The van der Waals surface area contributed by atoms with Gasteiger partial charge in [0.1, 0.15) is 11.6 Å². The minimum absolute atomic E-state index is 0.238. The van der Waals surface area contributed by atoms with Crippen molar-refractivity contribution >= 4 is 21.7 Å². The Labute approximate surface area is 111 Å². The molecule has 1 saturated heterocycles. The van der Waals surface area contributed by atoms with Gasteiger partial charge in [-0.15, -0.1) is 0 Å². The third-order valence-corrected chi connectivity index (χ3v) is 3.65. The molecular formula is C12H18BrN3O. The van der Waals surface area contributed by atoms with E-state index in [-0.39, 0.29) is 6.10 Å². The van der Waals surface area contributed by atoms with E-state index in [0.29, 0.717) is 6.04 Å². The van der Waals surface area contributed by atoms with Gasteiger partial charge in [0.05, 0.1) is 18.8 Å². The van der Waals surface area contributed by atoms with Crippen LogP contribution in [0.25, 0.3) is 0 Å². The SMILES string of the molecule is Cc1cc(N2CC(CBr)OCC2C)nc(C)n1. The molecule has 2 unspecified atom stereocenters. The number of anilines is 1. The van der Waals surface area contributed by atoms with Crippen molar-refractivity contribution in [3.8, 4) is 0 Å². The molecule has 1 aliphatic heterocycles. The topological polar surface area (TPSA) is 38.2 Å². The molecule has 0 N–H and O–H groups in total. The Morgan fingerprint density at radius 2 is 2.24 bits per heavy atom. The van der Waals surface area contributed by atoms with Crippen molar-refractivity contribution in [1.29, 1.82) is 0 Å². The Morgan fingerprint density at radius 3 is 2.88 bits per heavy atom. The Kier molecular flexibility index (Phi) is 3.99. The lowest BCUT2D eigenvalue weighted by molar-refractivity contribution is 0.0376. The average molecular weight is 300 g/mol. The molecule has 1 aromatic rings. The Morgan fingerprint density at radius 1 is 1.47 bits per heavy atom. The lowest BCUT2D eigenvalue weighted by Gasteiger charge is -2.38. The van der Waals surface area contributed by atoms with Crippen LogP contribution in [0.4, 0.5) is 5.82 Å². The number of hydrogen-bond acceptors (Lipinski definition) is 4. The van der Waals surface area contributed by atoms with Crippen molar-refractivity contribution in [2.75, 3.05) is 23.4 Å². The van der Waals surface area contributed by atoms with Gasteiger partial charge in [0.2, 0.25) is 0 Å². The van der Waals surface area contributed by atoms with Crippen molar-refractivity contribution in [1.82, 2.24) is 9.97 Å². The van der Waals surface area contributed by atoms with Crippen molar-refractivity contribution < 1.29 is 4.74 Å². The van der Waals surface area contributed by atoms with Crippen LogP contribution in [-0.2, 0) is 4.74 Å². The average Bonchev–Trinajstić information content (AvgIpc) is 2.28. The molecule has 1 aliphatic rings. The van der Waals surface area contributed by atoms with Crippen LogP contribution in [0.1, 0.15) is 18.4 Å². The Bertz CT molecular complexity index is 379. The maximum Gasteiger partial charge on any atom is 0.132 e. The van der Waals surface area contributed by atoms with Gasteiger partial charge in [0.25, 0.3) is 0 Å². The monoisotopic (exact) mass is 299 g/mol. The fourth-order valence-corrected chi connectivity index (χ4v) is 2.47. The van der Waals surface area contributed by atoms with Crippen molar-refractivity contribution in [3.63, 3.8) is 0 Å². The summed E-state index contributed by atoms with van der Waals surface area (Å²) in [4.78, 5) is 11.1. The molecule has 1 aromatic heterocycles. The predicted octanol–water partition coefficient (Wildman–Crippen LogP) is 2.08. The molecule has 0 amide bonds. The van der Waals surface area contributed by atoms with E-state index in [2.05, 4.69) is 37.7 Å². The molecule has 0 spiro atoms. The molecule has 5 heteroatoms. The molecule has 17 heavy (non-hydrogen) atoms. The van der Waals surface area contributed by atoms with Crippen LogP contribution in [0, 0.1) is 13.8 Å². The minimum atomic E-state index is 0.238. The van der Waals surface area contributed by atoms with Crippen LogP contribution in [0.2, 0.25) is 0 Å². The lowest BCUT2D eigenvalue weighted by Crippen LogP contribution is -2.49. The summed E-state index contributed by atoms with van der Waals surface area (Å²) in [5.74, 6) is 1.84. The maximum atomic E-state index is 5.72. The molecule has 0 radical (unpaired) electrons. The fourth-order valence-electron chi connectivity index (χ4n) is 2.07. The van der Waals surface area contributed by atoms with E-state index in [9.17, 15) is 0 Å². The van der Waals surface area contributed by atoms with Gasteiger partial charge in [0.15, 0.2) is 0 Å². The number of nitrogens with zero attached hydrogens (tertiary/aromatic N) is 3. The summed E-state index contributed by atoms with van der Waals surface area (Å²) in [5.41, 5.74) is 1.02. The Balaban J connectivity index is 2.24. The molecule has 4 nitrogen and oxygen atoms in total. The highest BCUT2D eigenvalue weighted by Crippen LogP contribution is 2.21. The standard InChI is InChI=1S/C12H18BrN3O/c1-8-4-12(15-10(3)14-8)16-6-11(5-13)17-7-9(16)2/h4,9,11H,5-7H2,1-3H3. The van der Waals surface area contributed by atoms with Crippen molar-refractivity contribution in [3.05, 3.63) is 17.6 Å². The highest BCUT2D eigenvalue weighted by atomic mass is 79.9. The number of aromatic nitrogens is 2. The van der Waals surface area contributed by atoms with Gasteiger partial charge in [-0.2, -0.15) is 0 Å². The van der Waals surface area contributed by atoms with Gasteiger partial charge in [-0.05, 0) is 20.8 Å². The smallest absolute Gasteiger partial charge is 0.132 e. The Hall–Kier alpha value is -0.680. The van der Waals surface area contributed by atoms with Crippen molar-refractivity contribution in [2.24, 2.45) is 0 Å². The molecule has 94 valence electrons. The van der Waals surface area contributed by atoms with Gasteiger partial charge >= 0.3 is 0 Å². The summed E-state index contributed by atoms with van der Waals surface area (Å²) in [7, 11) is 0. The first-order valence-corrected chi connectivity index (χ1v) is 6.99. The molecule has 0 bridgehead atoms. The summed E-state index contributed by atoms with van der Waals surface area (Å²) in [6.07, 6.45) is 0.238. The molecule has 2 atom stereocenters. The van der Waals surface area contributed by atoms with E-state index in [0.717, 1.165) is 35.8 Å². The van der Waals surface area contributed by atoms with E-state index in [1.54, 1.807) is 0 Å². The predicted molar refractivity (Wildman–Crippen MR) is 71.8 cm³/mol. The number of halogens is 1. The molecule has 1 fully saturated rings. The second kappa shape index (κ2) is 5.31. The van der Waals surface area contributed by atoms with E-state index >= 15 is 0 Å². The van der Waals surface area contributed by atoms with Crippen LogP contribution < -0.4 is 4.90 Å². The zero-order valence-corrected chi connectivity index (χ0v) is 12.1. The normalized spacial score (nSPS) is 25.1. The first-order chi connectivity index (χ1) is 8.10. The summed E-state index contributed by atoms with van der Waals surface area (Å²) in [6.45, 7) is 7.73. The summed E-state index contributed by atoms with van der Waals surface area (Å²) in [5, 5.41) is 0.860. The number of rotatable bonds is 2. The van der Waals surface area contributed by atoms with Crippen LogP contribution >= 0.6 is 15.9 Å². The number of morpholine rings is 1. The number of hydrogen-bond donors (Lipinski definition) is 0. The second-order valence-electron chi connectivity index (χ2n) is 4.53. The van der Waals surface area contributed by atoms with Gasteiger partial charge < -0.3 is 9.64 Å². The van der Waals surface area contributed by atoms with Crippen LogP contribution in [0.5, 0.6) is 0 Å². The van der Waals surface area contributed by atoms with E-state index in [4.69, 9.17) is 4.74 Å². The molecule has 2 rings (SSSR count). The highest BCUT2D eigenvalue weighted by molar-refractivity contribution is 9.09. The number of ether oxygens (including phenoxy) is 1. The highest BCUT2D eigenvalue weighted by Gasteiger charge is 2.26. The summed E-state index contributed by atoms with van der Waals surface area (Å²) < 4.78 is 5.72. The first-order valence-electron chi connectivity index (χ1n) is 5.86. The largest absolute Gasteiger partial charge is 0.373 e. The molecule has 0 aliphatic carbocycles. The van der Waals surface area contributed by atoms with E-state index in [1.165, 1.54) is 0 Å². The van der Waals surface area contributed by atoms with E-state index in [1.807, 2.05) is 19.9 Å². The van der Waals surface area contributed by atoms with Gasteiger partial charge in [-0.25, -0.2) is 9.97 Å². The fraction of sp³-hybridized carbons (Fsp3) is 0.667. The number of alkyl halides is 1. The van der Waals surface area contributed by atoms with Gasteiger partial charge in [-0.1, -0.05) is 15.9 Å². The molecular weight excluding hydrogens is 282 g/mol. The third kappa shape index (κ3) is 2.96. The zero-order valence-electron chi connectivity index (χ0n) is 10.5. The minimum Gasteiger partial charge on any atom is -0.373 e. The summed E-state index contributed by atoms with van der Waals surface area (Å²) >= 11 is 3.48. The van der Waals surface area contributed by atoms with Crippen LogP contribution in [0.3, 0.4) is 0 Å². The van der Waals surface area contributed by atoms with Gasteiger partial charge in [0, 0.05) is 23.6 Å². The number of aryl methyl sites for hydroxylation is 2. The van der Waals surface area contributed by atoms with Crippen LogP contribution in [0.15, 0.2) is 6.07 Å². The van der Waals surface area contributed by atoms with Crippen LogP contribution in [-0.4, -0.2) is 40.6 Å². The maximum absolute atomic E-state index is 5.72. The first kappa shape index (κ1) is 12.8. The van der Waals surface area contributed by atoms with Crippen molar-refractivity contribution in [2.45, 2.75) is 32.9 Å². The third-order valence-electron chi connectivity index (χ3n) is 2.92. The molecule has 0 aromatic carbocycles. The quantitative estimate of drug-likeness (QED) is 0.784. The lowest BCUT2D eigenvalue weighted by atomic mass is 10.2. The summed E-state index contributed by atoms with van der Waals surface area (Å²) in [6, 6.07) is 2.40. The zero-order chi connectivity index (χ0) is 12.4. The van der Waals surface area contributed by atoms with Gasteiger partial charge in [-0.3, -0.25) is 0 Å². The molecule has 0 saturated carbocycles. The second-order valence-corrected chi connectivity index (χ2v) is 5.17. The van der Waals surface area contributed by atoms with E-state index < -0.39 is 0 Å².